The molecule has 0 fully saturated rings. The van der Waals surface area contributed by atoms with Crippen LogP contribution in [0.4, 0.5) is 4.79 Å². The number of nitrogens with one attached hydrogen (secondary N) is 1. The van der Waals surface area contributed by atoms with Crippen molar-refractivity contribution in [1.82, 2.24) is 5.32 Å². The first kappa shape index (κ1) is 28.7. The number of carboxylic acid groups (broad SMARTS) is 1. The van der Waals surface area contributed by atoms with E-state index in [9.17, 15) is 24.3 Å². The Bertz CT molecular complexity index is 1160. The third-order valence-corrected chi connectivity index (χ3v) is 5.79. The van der Waals surface area contributed by atoms with Gasteiger partial charge in [0.2, 0.25) is 0 Å². The molecule has 2 aromatic carbocycles. The van der Waals surface area contributed by atoms with Crippen LogP contribution in [0.5, 0.6) is 0 Å². The zero-order valence-electron chi connectivity index (χ0n) is 22.6. The lowest BCUT2D eigenvalue weighted by molar-refractivity contribution is -0.168. The maximum Gasteiger partial charge on any atom is 0.407 e. The van der Waals surface area contributed by atoms with Crippen LogP contribution in [-0.2, 0) is 28.6 Å². The number of alkyl carbamates (subject to hydrolysis) is 1. The Morgan fingerprint density at radius 2 is 1.29 bits per heavy atom. The van der Waals surface area contributed by atoms with Crippen LogP contribution in [0.15, 0.2) is 48.5 Å². The molecule has 3 rings (SSSR count). The summed E-state index contributed by atoms with van der Waals surface area (Å²) in [5, 5.41) is 12.1. The molecule has 1 aliphatic rings. The number of amides is 1. The van der Waals surface area contributed by atoms with E-state index in [1.54, 1.807) is 41.5 Å². The first-order valence-corrected chi connectivity index (χ1v) is 12.5. The van der Waals surface area contributed by atoms with Gasteiger partial charge in [-0.25, -0.2) is 9.59 Å². The van der Waals surface area contributed by atoms with Gasteiger partial charge in [-0.05, 0) is 63.8 Å². The number of esters is 2. The van der Waals surface area contributed by atoms with Crippen LogP contribution in [0.1, 0.15) is 65.0 Å². The molecule has 1 amide bonds. The van der Waals surface area contributed by atoms with Crippen molar-refractivity contribution < 1.29 is 38.5 Å². The molecular weight excluding hydrogens is 490 g/mol. The van der Waals surface area contributed by atoms with Crippen molar-refractivity contribution in [3.63, 3.8) is 0 Å². The largest absolute Gasteiger partial charge is 0.481 e. The zero-order valence-corrected chi connectivity index (χ0v) is 22.6. The van der Waals surface area contributed by atoms with Crippen molar-refractivity contribution in [2.24, 2.45) is 5.92 Å². The summed E-state index contributed by atoms with van der Waals surface area (Å²) in [5.41, 5.74) is 2.30. The van der Waals surface area contributed by atoms with E-state index in [4.69, 9.17) is 14.2 Å². The molecule has 2 N–H and O–H groups in total. The Morgan fingerprint density at radius 1 is 0.816 bits per heavy atom. The van der Waals surface area contributed by atoms with Crippen LogP contribution < -0.4 is 5.32 Å². The lowest BCUT2D eigenvalue weighted by atomic mass is 9.98. The van der Waals surface area contributed by atoms with E-state index in [1.807, 2.05) is 48.5 Å². The number of carbonyl (C=O) groups is 4. The Balaban J connectivity index is 1.76. The monoisotopic (exact) mass is 525 g/mol. The third-order valence-electron chi connectivity index (χ3n) is 5.79. The number of rotatable bonds is 8. The maximum absolute atomic E-state index is 12.9. The van der Waals surface area contributed by atoms with Crippen molar-refractivity contribution in [1.29, 1.82) is 0 Å². The number of carbonyl (C=O) groups excluding carboxylic acids is 3. The van der Waals surface area contributed by atoms with Gasteiger partial charge < -0.3 is 24.6 Å². The van der Waals surface area contributed by atoms with Gasteiger partial charge in [-0.3, -0.25) is 9.59 Å². The van der Waals surface area contributed by atoms with Crippen LogP contribution in [0.3, 0.4) is 0 Å². The normalized spacial score (nSPS) is 14.5. The predicted molar refractivity (Wildman–Crippen MR) is 139 cm³/mol. The molecule has 1 unspecified atom stereocenters. The number of aliphatic carboxylic acids is 1. The van der Waals surface area contributed by atoms with Gasteiger partial charge in [0, 0.05) is 12.3 Å². The summed E-state index contributed by atoms with van der Waals surface area (Å²) in [6.07, 6.45) is -1.50. The second kappa shape index (κ2) is 11.2. The Labute approximate surface area is 222 Å². The molecule has 9 nitrogen and oxygen atoms in total. The molecule has 2 atom stereocenters. The number of carboxylic acids is 1. The maximum atomic E-state index is 12.9. The standard InChI is InChI=1S/C29H35NO8/c1-28(2,3)37-25(33)21(24(31)32)15-23(26(34)38-29(4,5)6)30-27(35)36-16-22-19-13-9-7-11-17(19)18-12-8-10-14-20(18)22/h7-14,21-23H,15-16H2,1-6H3,(H,30,35)(H,31,32)/t21?,23-/m0/s1. The molecule has 2 aromatic rings. The van der Waals surface area contributed by atoms with E-state index < -0.39 is 53.6 Å². The number of hydrogen-bond acceptors (Lipinski definition) is 7. The van der Waals surface area contributed by atoms with Gasteiger partial charge in [0.05, 0.1) is 0 Å². The van der Waals surface area contributed by atoms with Crippen molar-refractivity contribution in [2.75, 3.05) is 6.61 Å². The molecule has 38 heavy (non-hydrogen) atoms. The first-order chi connectivity index (χ1) is 17.7. The average molecular weight is 526 g/mol. The van der Waals surface area contributed by atoms with Crippen LogP contribution in [0, 0.1) is 5.92 Å². The summed E-state index contributed by atoms with van der Waals surface area (Å²) in [6, 6.07) is 14.2. The summed E-state index contributed by atoms with van der Waals surface area (Å²) in [5.74, 6) is -5.31. The molecule has 204 valence electrons. The van der Waals surface area contributed by atoms with Gasteiger partial charge >= 0.3 is 24.0 Å². The minimum atomic E-state index is -1.71. The van der Waals surface area contributed by atoms with E-state index >= 15 is 0 Å². The quantitative estimate of drug-likeness (QED) is 0.289. The molecule has 1 aliphatic carbocycles. The van der Waals surface area contributed by atoms with Crippen molar-refractivity contribution in [2.45, 2.75) is 71.1 Å². The average Bonchev–Trinajstić information content (AvgIpc) is 3.11. The molecule has 0 aliphatic heterocycles. The minimum Gasteiger partial charge on any atom is -0.481 e. The van der Waals surface area contributed by atoms with Gasteiger partial charge in [-0.1, -0.05) is 48.5 Å². The molecule has 0 spiro atoms. The van der Waals surface area contributed by atoms with E-state index in [0.717, 1.165) is 22.3 Å². The zero-order chi connectivity index (χ0) is 28.3. The summed E-state index contributed by atoms with van der Waals surface area (Å²) in [6.45, 7) is 9.71. The lowest BCUT2D eigenvalue weighted by Gasteiger charge is -2.27. The SMILES string of the molecule is CC(C)(C)OC(=O)C(C[C@H](NC(=O)OCC1c2ccccc2-c2ccccc21)C(=O)OC(C)(C)C)C(=O)O. The van der Waals surface area contributed by atoms with Crippen molar-refractivity contribution in [3.8, 4) is 11.1 Å². The number of fused-ring (bicyclic) bond motifs is 3. The fraction of sp³-hybridized carbons (Fsp3) is 0.448. The molecule has 0 saturated carbocycles. The van der Waals surface area contributed by atoms with Gasteiger partial charge in [-0.15, -0.1) is 0 Å². The topological polar surface area (TPSA) is 128 Å². The second-order valence-corrected chi connectivity index (χ2v) is 11.2. The molecule has 0 bridgehead atoms. The second-order valence-electron chi connectivity index (χ2n) is 11.2. The number of hydrogen-bond donors (Lipinski definition) is 2. The van der Waals surface area contributed by atoms with Gasteiger partial charge in [0.25, 0.3) is 0 Å². The molecule has 0 heterocycles. The smallest absolute Gasteiger partial charge is 0.407 e. The lowest BCUT2D eigenvalue weighted by Crippen LogP contribution is -2.47. The Hall–Kier alpha value is -3.88. The number of ether oxygens (including phenoxy) is 3. The number of benzene rings is 2. The van der Waals surface area contributed by atoms with E-state index in [2.05, 4.69) is 5.32 Å². The van der Waals surface area contributed by atoms with Crippen molar-refractivity contribution >= 4 is 24.0 Å². The highest BCUT2D eigenvalue weighted by molar-refractivity contribution is 5.95. The highest BCUT2D eigenvalue weighted by Gasteiger charge is 2.38. The summed E-state index contributed by atoms with van der Waals surface area (Å²) in [7, 11) is 0. The van der Waals surface area contributed by atoms with E-state index in [0.29, 0.717) is 0 Å². The van der Waals surface area contributed by atoms with Gasteiger partial charge in [0.15, 0.2) is 5.92 Å². The minimum absolute atomic E-state index is 0.00464. The Morgan fingerprint density at radius 3 is 1.76 bits per heavy atom. The molecule has 0 saturated heterocycles. The summed E-state index contributed by atoms with van der Waals surface area (Å²) >= 11 is 0. The predicted octanol–water partition coefficient (Wildman–Crippen LogP) is 4.67. The van der Waals surface area contributed by atoms with Crippen LogP contribution in [0.2, 0.25) is 0 Å². The van der Waals surface area contributed by atoms with E-state index in [1.165, 1.54) is 0 Å². The van der Waals surface area contributed by atoms with Crippen LogP contribution in [0.25, 0.3) is 11.1 Å². The fourth-order valence-electron chi connectivity index (χ4n) is 4.28. The fourth-order valence-corrected chi connectivity index (χ4v) is 4.28. The summed E-state index contributed by atoms with van der Waals surface area (Å²) in [4.78, 5) is 50.2. The van der Waals surface area contributed by atoms with Crippen LogP contribution in [-0.4, -0.2) is 53.0 Å². The highest BCUT2D eigenvalue weighted by Crippen LogP contribution is 2.44. The Kier molecular flexibility index (Phi) is 8.49. The van der Waals surface area contributed by atoms with Gasteiger partial charge in [0.1, 0.15) is 23.9 Å². The molecular formula is C29H35NO8. The van der Waals surface area contributed by atoms with Gasteiger partial charge in [-0.2, -0.15) is 0 Å². The highest BCUT2D eigenvalue weighted by atomic mass is 16.6. The first-order valence-electron chi connectivity index (χ1n) is 12.5. The van der Waals surface area contributed by atoms with Crippen molar-refractivity contribution in [3.05, 3.63) is 59.7 Å². The third kappa shape index (κ3) is 7.34. The molecule has 0 aromatic heterocycles. The molecule has 0 radical (unpaired) electrons. The van der Waals surface area contributed by atoms with Crippen LogP contribution >= 0.6 is 0 Å². The molecule has 9 heteroatoms. The summed E-state index contributed by atoms with van der Waals surface area (Å²) < 4.78 is 16.1. The van der Waals surface area contributed by atoms with E-state index in [-0.39, 0.29) is 12.5 Å².